The first-order valence-electron chi connectivity index (χ1n) is 14.0. The van der Waals surface area contributed by atoms with E-state index >= 15 is 0 Å². The maximum atomic E-state index is 13.7. The smallest absolute Gasteiger partial charge is 0.231 e. The highest BCUT2D eigenvalue weighted by Gasteiger charge is 2.65. The van der Waals surface area contributed by atoms with Gasteiger partial charge < -0.3 is 14.6 Å². The van der Waals surface area contributed by atoms with Crippen LogP contribution in [0.5, 0.6) is 0 Å². The average molecular weight is 475 g/mol. The van der Waals surface area contributed by atoms with Gasteiger partial charge in [-0.1, -0.05) is 31.4 Å². The molecule has 8 rings (SSSR count). The monoisotopic (exact) mass is 474 g/mol. The number of carbonyl (C=O) groups excluding carboxylic acids is 2. The van der Waals surface area contributed by atoms with Crippen molar-refractivity contribution in [2.45, 2.75) is 96.2 Å². The van der Waals surface area contributed by atoms with E-state index in [4.69, 9.17) is 4.42 Å². The van der Waals surface area contributed by atoms with E-state index in [1.807, 2.05) is 12.1 Å². The van der Waals surface area contributed by atoms with Crippen LogP contribution in [0.1, 0.15) is 89.7 Å². The van der Waals surface area contributed by atoms with Crippen LogP contribution in [-0.2, 0) is 9.59 Å². The van der Waals surface area contributed by atoms with Gasteiger partial charge in [0.2, 0.25) is 11.8 Å². The van der Waals surface area contributed by atoms with Gasteiger partial charge in [0.25, 0.3) is 0 Å². The molecule has 0 radical (unpaired) electrons. The maximum Gasteiger partial charge on any atom is 0.231 e. The molecule has 5 aliphatic carbocycles. The predicted molar refractivity (Wildman–Crippen MR) is 134 cm³/mol. The quantitative estimate of drug-likeness (QED) is 0.554. The van der Waals surface area contributed by atoms with Crippen LogP contribution in [0.2, 0.25) is 0 Å². The molecule has 1 saturated heterocycles. The van der Waals surface area contributed by atoms with Gasteiger partial charge in [0.1, 0.15) is 5.58 Å². The Hall–Kier alpha value is -2.30. The lowest BCUT2D eigenvalue weighted by Gasteiger charge is -2.66. The molecule has 35 heavy (non-hydrogen) atoms. The summed E-state index contributed by atoms with van der Waals surface area (Å²) in [6.45, 7) is 4.20. The van der Waals surface area contributed by atoms with Crippen molar-refractivity contribution in [2.75, 3.05) is 0 Å². The number of nitrogens with zero attached hydrogens (tertiary/aromatic N) is 1. The van der Waals surface area contributed by atoms with Gasteiger partial charge in [0.05, 0.1) is 23.1 Å². The Morgan fingerprint density at radius 3 is 2.51 bits per heavy atom. The van der Waals surface area contributed by atoms with E-state index in [1.165, 1.54) is 37.7 Å². The number of furan rings is 1. The van der Waals surface area contributed by atoms with Crippen LogP contribution in [-0.4, -0.2) is 28.8 Å². The molecule has 5 heteroatoms. The highest BCUT2D eigenvalue weighted by molar-refractivity contribution is 5.93. The van der Waals surface area contributed by atoms with Crippen LogP contribution in [0.3, 0.4) is 0 Å². The standard InChI is InChI=1S/C30H38N2O3/c1-29(2)26(23-9-6-10-24-22(23)11-12-35-24)32(28(29)34)25-19-13-18-14-20(25)17-30(15-18,16-19)27(33)31-21-7-4-3-5-8-21/h6,9-12,18-21,25-26H,3-5,7-8,13-17H2,1-2H3,(H,31,33). The van der Waals surface area contributed by atoms with Crippen LogP contribution < -0.4 is 5.32 Å². The molecule has 2 aromatic rings. The summed E-state index contributed by atoms with van der Waals surface area (Å²) in [5, 5.41) is 4.61. The SMILES string of the molecule is CC1(C)C(=O)N(C2C3CC4CC2CC(C(=O)NC2CCCCC2)(C4)C3)C1c1cccc2occc12. The second-order valence-electron chi connectivity index (χ2n) is 13.1. The molecule has 5 saturated carbocycles. The first-order chi connectivity index (χ1) is 16.9. The number of amides is 2. The van der Waals surface area contributed by atoms with E-state index in [0.717, 1.165) is 43.1 Å². The number of likely N-dealkylation sites (tertiary alicyclic amines) is 1. The number of benzene rings is 1. The Morgan fingerprint density at radius 2 is 1.77 bits per heavy atom. The van der Waals surface area contributed by atoms with Gasteiger partial charge in [-0.3, -0.25) is 9.59 Å². The fourth-order valence-corrected chi connectivity index (χ4v) is 9.27. The van der Waals surface area contributed by atoms with Crippen molar-refractivity contribution >= 4 is 22.8 Å². The summed E-state index contributed by atoms with van der Waals surface area (Å²) >= 11 is 0. The molecule has 0 spiro atoms. The summed E-state index contributed by atoms with van der Waals surface area (Å²) in [6, 6.07) is 8.98. The molecule has 6 fully saturated rings. The van der Waals surface area contributed by atoms with E-state index in [-0.39, 0.29) is 23.4 Å². The summed E-state index contributed by atoms with van der Waals surface area (Å²) < 4.78 is 5.70. The second-order valence-corrected chi connectivity index (χ2v) is 13.1. The Labute approximate surface area is 208 Å². The maximum absolute atomic E-state index is 13.7. The van der Waals surface area contributed by atoms with Gasteiger partial charge in [-0.2, -0.15) is 0 Å². The minimum atomic E-state index is -0.420. The molecule has 1 aliphatic heterocycles. The van der Waals surface area contributed by atoms with Gasteiger partial charge in [-0.15, -0.1) is 0 Å². The van der Waals surface area contributed by atoms with Crippen LogP contribution in [0, 0.1) is 28.6 Å². The van der Waals surface area contributed by atoms with Crippen molar-refractivity contribution in [3.8, 4) is 0 Å². The first kappa shape index (κ1) is 21.9. The van der Waals surface area contributed by atoms with E-state index in [9.17, 15) is 9.59 Å². The van der Waals surface area contributed by atoms with Crippen LogP contribution >= 0.6 is 0 Å². The summed E-state index contributed by atoms with van der Waals surface area (Å²) in [5.74, 6) is 2.12. The van der Waals surface area contributed by atoms with Crippen molar-refractivity contribution in [3.05, 3.63) is 36.1 Å². The molecule has 1 aromatic heterocycles. The predicted octanol–water partition coefficient (Wildman–Crippen LogP) is 5.99. The molecule has 4 bridgehead atoms. The van der Waals surface area contributed by atoms with Crippen LogP contribution in [0.15, 0.2) is 34.9 Å². The Morgan fingerprint density at radius 1 is 1.03 bits per heavy atom. The molecule has 6 aliphatic rings. The van der Waals surface area contributed by atoms with Gasteiger partial charge in [-0.25, -0.2) is 0 Å². The van der Waals surface area contributed by atoms with Gasteiger partial charge in [-0.05, 0) is 94.2 Å². The van der Waals surface area contributed by atoms with Crippen LogP contribution in [0.25, 0.3) is 11.0 Å². The Balaban J connectivity index is 1.18. The number of fused-ring (bicyclic) bond motifs is 1. The molecule has 3 atom stereocenters. The molecule has 5 nitrogen and oxygen atoms in total. The highest BCUT2D eigenvalue weighted by Crippen LogP contribution is 2.64. The van der Waals surface area contributed by atoms with Crippen molar-refractivity contribution in [3.63, 3.8) is 0 Å². The molecule has 3 unspecified atom stereocenters. The molecule has 186 valence electrons. The zero-order chi connectivity index (χ0) is 23.9. The zero-order valence-corrected chi connectivity index (χ0v) is 21.1. The van der Waals surface area contributed by atoms with Crippen molar-refractivity contribution < 1.29 is 14.0 Å². The zero-order valence-electron chi connectivity index (χ0n) is 21.1. The number of rotatable bonds is 4. The van der Waals surface area contributed by atoms with Gasteiger partial charge in [0.15, 0.2) is 0 Å². The number of hydrogen-bond acceptors (Lipinski definition) is 3. The van der Waals surface area contributed by atoms with Gasteiger partial charge in [0, 0.05) is 17.5 Å². The third-order valence-electron chi connectivity index (χ3n) is 10.5. The van der Waals surface area contributed by atoms with E-state index in [2.05, 4.69) is 36.2 Å². The molecule has 1 aromatic carbocycles. The van der Waals surface area contributed by atoms with Crippen molar-refractivity contribution in [2.24, 2.45) is 28.6 Å². The third-order valence-corrected chi connectivity index (χ3v) is 10.5. The summed E-state index contributed by atoms with van der Waals surface area (Å²) in [5.41, 5.74) is 1.48. The molecule has 1 N–H and O–H groups in total. The number of hydrogen-bond donors (Lipinski definition) is 1. The average Bonchev–Trinajstić information content (AvgIpc) is 3.33. The fraction of sp³-hybridized carbons (Fsp3) is 0.667. The van der Waals surface area contributed by atoms with Crippen molar-refractivity contribution in [1.82, 2.24) is 10.2 Å². The summed E-state index contributed by atoms with van der Waals surface area (Å²) in [7, 11) is 0. The largest absolute Gasteiger partial charge is 0.464 e. The van der Waals surface area contributed by atoms with E-state index < -0.39 is 5.41 Å². The molecular formula is C30H38N2O3. The van der Waals surface area contributed by atoms with Crippen molar-refractivity contribution in [1.29, 1.82) is 0 Å². The molecule has 2 heterocycles. The fourth-order valence-electron chi connectivity index (χ4n) is 9.27. The lowest BCUT2D eigenvalue weighted by atomic mass is 9.46. The Kier molecular flexibility index (Phi) is 4.76. The molecule has 2 amide bonds. The number of carbonyl (C=O) groups is 2. The van der Waals surface area contributed by atoms with Crippen LogP contribution in [0.4, 0.5) is 0 Å². The normalized spacial score (nSPS) is 38.1. The minimum Gasteiger partial charge on any atom is -0.464 e. The minimum absolute atomic E-state index is 0.0610. The number of nitrogens with one attached hydrogen (secondary N) is 1. The second kappa shape index (κ2) is 7.60. The third kappa shape index (κ3) is 3.12. The summed E-state index contributed by atoms with van der Waals surface area (Å²) in [6.07, 6.45) is 13.1. The Bertz CT molecular complexity index is 1160. The van der Waals surface area contributed by atoms with Gasteiger partial charge >= 0.3 is 0 Å². The van der Waals surface area contributed by atoms with E-state index in [1.54, 1.807) is 6.26 Å². The lowest BCUT2D eigenvalue weighted by Crippen LogP contribution is -2.71. The lowest BCUT2D eigenvalue weighted by molar-refractivity contribution is -0.199. The first-order valence-corrected chi connectivity index (χ1v) is 14.0. The number of β-lactam (4-membered cyclic amide) rings is 1. The summed E-state index contributed by atoms with van der Waals surface area (Å²) in [4.78, 5) is 29.6. The van der Waals surface area contributed by atoms with E-state index in [0.29, 0.717) is 29.7 Å². The molecular weight excluding hydrogens is 436 g/mol. The highest BCUT2D eigenvalue weighted by atomic mass is 16.3. The topological polar surface area (TPSA) is 62.6 Å².